The first-order valence-corrected chi connectivity index (χ1v) is 6.36. The molecule has 0 aliphatic heterocycles. The maximum Gasteiger partial charge on any atom is 0.323 e. The second-order valence-corrected chi connectivity index (χ2v) is 4.18. The molecule has 8 nitrogen and oxygen atoms in total. The lowest BCUT2D eigenvalue weighted by Crippen LogP contribution is -2.13. The Kier molecular flexibility index (Phi) is 4.71. The first-order valence-electron chi connectivity index (χ1n) is 5.98. The van der Waals surface area contributed by atoms with Gasteiger partial charge in [0.2, 0.25) is 11.9 Å². The van der Waals surface area contributed by atoms with Gasteiger partial charge in [0.1, 0.15) is 0 Å². The van der Waals surface area contributed by atoms with Crippen LogP contribution in [0.15, 0.2) is 18.2 Å². The predicted molar refractivity (Wildman–Crippen MR) is 78.3 cm³/mol. The highest BCUT2D eigenvalue weighted by Gasteiger charge is 2.09. The average Bonchev–Trinajstić information content (AvgIpc) is 2.49. The number of anilines is 3. The van der Waals surface area contributed by atoms with E-state index < -0.39 is 0 Å². The normalized spacial score (nSPS) is 9.81. The van der Waals surface area contributed by atoms with Gasteiger partial charge in [0, 0.05) is 0 Å². The molecule has 108 valence electrons. The summed E-state index contributed by atoms with van der Waals surface area (Å²) in [5, 5.41) is 12.1. The van der Waals surface area contributed by atoms with E-state index in [9.17, 15) is 0 Å². The van der Waals surface area contributed by atoms with Gasteiger partial charge in [0.25, 0.3) is 0 Å². The van der Waals surface area contributed by atoms with Gasteiger partial charge in [-0.2, -0.15) is 20.2 Å². The van der Waals surface area contributed by atoms with Crippen molar-refractivity contribution in [1.29, 1.82) is 5.26 Å². The summed E-state index contributed by atoms with van der Waals surface area (Å²) in [4.78, 5) is 12.1. The van der Waals surface area contributed by atoms with E-state index in [0.717, 1.165) is 0 Å². The Bertz CT molecular complexity index is 686. The fourth-order valence-electron chi connectivity index (χ4n) is 1.48. The van der Waals surface area contributed by atoms with E-state index >= 15 is 0 Å². The third-order valence-electron chi connectivity index (χ3n) is 2.36. The molecule has 0 spiro atoms. The van der Waals surface area contributed by atoms with Gasteiger partial charge in [-0.25, -0.2) is 5.84 Å². The Labute approximate surface area is 125 Å². The van der Waals surface area contributed by atoms with Gasteiger partial charge in [-0.05, 0) is 25.1 Å². The SMILES string of the molecule is CCOc1nc(NN)nc(Nc2ccc(C#N)cc2Cl)n1. The number of ether oxygens (including phenoxy) is 1. The molecule has 4 N–H and O–H groups in total. The zero-order valence-electron chi connectivity index (χ0n) is 11.1. The molecule has 0 radical (unpaired) electrons. The summed E-state index contributed by atoms with van der Waals surface area (Å²) in [6.45, 7) is 2.22. The number of hydrogen-bond donors (Lipinski definition) is 3. The lowest BCUT2D eigenvalue weighted by molar-refractivity contribution is 0.312. The van der Waals surface area contributed by atoms with Crippen LogP contribution in [0.2, 0.25) is 5.02 Å². The molecule has 0 saturated carbocycles. The fourth-order valence-corrected chi connectivity index (χ4v) is 1.70. The van der Waals surface area contributed by atoms with Crippen LogP contribution < -0.4 is 21.3 Å². The van der Waals surface area contributed by atoms with Crippen molar-refractivity contribution in [2.24, 2.45) is 5.84 Å². The molecule has 9 heteroatoms. The molecular formula is C12H12ClN7O. The number of rotatable bonds is 5. The number of nitriles is 1. The Balaban J connectivity index is 2.30. The summed E-state index contributed by atoms with van der Waals surface area (Å²) >= 11 is 6.08. The van der Waals surface area contributed by atoms with E-state index in [1.54, 1.807) is 12.1 Å². The maximum atomic E-state index is 8.81. The van der Waals surface area contributed by atoms with Crippen LogP contribution in [-0.2, 0) is 0 Å². The van der Waals surface area contributed by atoms with E-state index in [-0.39, 0.29) is 17.9 Å². The monoisotopic (exact) mass is 305 g/mol. The Morgan fingerprint density at radius 3 is 2.71 bits per heavy atom. The van der Waals surface area contributed by atoms with Crippen molar-refractivity contribution in [3.8, 4) is 12.1 Å². The van der Waals surface area contributed by atoms with E-state index in [0.29, 0.717) is 22.9 Å². The van der Waals surface area contributed by atoms with Gasteiger partial charge in [-0.3, -0.25) is 5.43 Å². The minimum absolute atomic E-state index is 0.132. The van der Waals surface area contributed by atoms with Crippen LogP contribution in [0, 0.1) is 11.3 Å². The second kappa shape index (κ2) is 6.69. The number of aromatic nitrogens is 3. The zero-order valence-corrected chi connectivity index (χ0v) is 11.8. The highest BCUT2D eigenvalue weighted by atomic mass is 35.5. The Morgan fingerprint density at radius 2 is 2.10 bits per heavy atom. The van der Waals surface area contributed by atoms with Crippen molar-refractivity contribution in [3.05, 3.63) is 28.8 Å². The van der Waals surface area contributed by atoms with Crippen LogP contribution >= 0.6 is 11.6 Å². The molecule has 0 atom stereocenters. The lowest BCUT2D eigenvalue weighted by Gasteiger charge is -2.09. The minimum atomic E-state index is 0.132. The molecule has 0 aliphatic carbocycles. The Hall–Kier alpha value is -2.63. The highest BCUT2D eigenvalue weighted by molar-refractivity contribution is 6.33. The fraction of sp³-hybridized carbons (Fsp3) is 0.167. The summed E-state index contributed by atoms with van der Waals surface area (Å²) in [6, 6.07) is 6.95. The molecule has 0 unspecified atom stereocenters. The van der Waals surface area contributed by atoms with Crippen LogP contribution in [-0.4, -0.2) is 21.6 Å². The number of benzene rings is 1. The minimum Gasteiger partial charge on any atom is -0.464 e. The smallest absolute Gasteiger partial charge is 0.323 e. The summed E-state index contributed by atoms with van der Waals surface area (Å²) < 4.78 is 5.22. The number of hydrazine groups is 1. The van der Waals surface area contributed by atoms with Gasteiger partial charge in [0.05, 0.1) is 28.9 Å². The number of nitrogen functional groups attached to an aromatic ring is 1. The van der Waals surface area contributed by atoms with Crippen LogP contribution in [0.25, 0.3) is 0 Å². The molecule has 2 aromatic rings. The number of halogens is 1. The molecule has 1 aromatic heterocycles. The predicted octanol–water partition coefficient (Wildman–Crippen LogP) is 1.82. The van der Waals surface area contributed by atoms with Gasteiger partial charge in [-0.15, -0.1) is 0 Å². The lowest BCUT2D eigenvalue weighted by atomic mass is 10.2. The molecule has 1 heterocycles. The van der Waals surface area contributed by atoms with E-state index in [1.165, 1.54) is 6.07 Å². The van der Waals surface area contributed by atoms with Crippen LogP contribution in [0.5, 0.6) is 6.01 Å². The standard InChI is InChI=1S/C12H12ClN7O/c1-2-21-12-18-10(17-11(19-12)20-15)16-9-4-3-7(6-14)5-8(9)13/h3-5H,2,15H2,1H3,(H2,16,17,18,19,20). The van der Waals surface area contributed by atoms with Crippen LogP contribution in [0.4, 0.5) is 17.6 Å². The molecule has 0 fully saturated rings. The van der Waals surface area contributed by atoms with Gasteiger partial charge in [0.15, 0.2) is 0 Å². The molecule has 21 heavy (non-hydrogen) atoms. The number of nitrogens with two attached hydrogens (primary N) is 1. The molecule has 0 amide bonds. The van der Waals surface area contributed by atoms with Gasteiger partial charge in [-0.1, -0.05) is 11.6 Å². The van der Waals surface area contributed by atoms with E-state index in [2.05, 4.69) is 25.7 Å². The molecule has 1 aromatic carbocycles. The topological polar surface area (TPSA) is 122 Å². The third kappa shape index (κ3) is 3.68. The van der Waals surface area contributed by atoms with Gasteiger partial charge < -0.3 is 10.1 Å². The number of hydrogen-bond acceptors (Lipinski definition) is 8. The molecule has 0 aliphatic rings. The van der Waals surface area contributed by atoms with Crippen molar-refractivity contribution in [3.63, 3.8) is 0 Å². The number of nitrogens with zero attached hydrogens (tertiary/aromatic N) is 4. The molecule has 0 bridgehead atoms. The molecular weight excluding hydrogens is 294 g/mol. The van der Waals surface area contributed by atoms with Gasteiger partial charge >= 0.3 is 6.01 Å². The number of nitrogens with one attached hydrogen (secondary N) is 2. The quantitative estimate of drug-likeness (QED) is 0.565. The Morgan fingerprint density at radius 1 is 1.33 bits per heavy atom. The van der Waals surface area contributed by atoms with Crippen molar-refractivity contribution < 1.29 is 4.74 Å². The van der Waals surface area contributed by atoms with Crippen molar-refractivity contribution >= 4 is 29.2 Å². The first kappa shape index (κ1) is 14.8. The second-order valence-electron chi connectivity index (χ2n) is 3.77. The van der Waals surface area contributed by atoms with E-state index in [1.807, 2.05) is 13.0 Å². The summed E-state index contributed by atoms with van der Waals surface area (Å²) in [5.74, 6) is 5.67. The average molecular weight is 306 g/mol. The van der Waals surface area contributed by atoms with Crippen molar-refractivity contribution in [1.82, 2.24) is 15.0 Å². The van der Waals surface area contributed by atoms with E-state index in [4.69, 9.17) is 27.4 Å². The highest BCUT2D eigenvalue weighted by Crippen LogP contribution is 2.25. The third-order valence-corrected chi connectivity index (χ3v) is 2.67. The van der Waals surface area contributed by atoms with Crippen LogP contribution in [0.1, 0.15) is 12.5 Å². The largest absolute Gasteiger partial charge is 0.464 e. The van der Waals surface area contributed by atoms with Crippen molar-refractivity contribution in [2.45, 2.75) is 6.92 Å². The molecule has 0 saturated heterocycles. The van der Waals surface area contributed by atoms with Crippen LogP contribution in [0.3, 0.4) is 0 Å². The molecule has 2 rings (SSSR count). The summed E-state index contributed by atoms with van der Waals surface area (Å²) in [5.41, 5.74) is 3.33. The summed E-state index contributed by atoms with van der Waals surface area (Å²) in [6.07, 6.45) is 0. The van der Waals surface area contributed by atoms with Crippen molar-refractivity contribution in [2.75, 3.05) is 17.3 Å². The first-order chi connectivity index (χ1) is 10.2. The summed E-state index contributed by atoms with van der Waals surface area (Å²) in [7, 11) is 0. The maximum absolute atomic E-state index is 8.81. The zero-order chi connectivity index (χ0) is 15.2.